The second-order valence-electron chi connectivity index (χ2n) is 2.77. The summed E-state index contributed by atoms with van der Waals surface area (Å²) in [4.78, 5) is 0. The number of allylic oxidation sites excluding steroid dienone is 2. The van der Waals surface area contributed by atoms with Crippen LogP contribution in [0.3, 0.4) is 0 Å². The third-order valence-electron chi connectivity index (χ3n) is 1.88. The lowest BCUT2D eigenvalue weighted by atomic mass is 10.1. The fourth-order valence-corrected chi connectivity index (χ4v) is 0.921. The maximum absolute atomic E-state index is 4.96. The number of rotatable bonds is 3. The van der Waals surface area contributed by atoms with Crippen molar-refractivity contribution in [1.82, 2.24) is 0 Å². The van der Waals surface area contributed by atoms with Crippen LogP contribution in [0, 0.1) is 0 Å². The van der Waals surface area contributed by atoms with E-state index in [0.29, 0.717) is 0 Å². The van der Waals surface area contributed by atoms with Crippen molar-refractivity contribution < 1.29 is 4.42 Å². The highest BCUT2D eigenvalue weighted by molar-refractivity contribution is 5.08. The zero-order chi connectivity index (χ0) is 8.10. The summed E-state index contributed by atoms with van der Waals surface area (Å²) in [6.07, 6.45) is 7.91. The highest BCUT2D eigenvalue weighted by Crippen LogP contribution is 2.08. The Morgan fingerprint density at radius 1 is 1.64 bits per heavy atom. The molecule has 0 spiro atoms. The van der Waals surface area contributed by atoms with Gasteiger partial charge in [-0.15, -0.1) is 0 Å². The van der Waals surface area contributed by atoms with E-state index in [9.17, 15) is 0 Å². The first-order chi connectivity index (χ1) is 5.33. The standard InChI is InChI=1S/C10H14O/c1-3-9(2)4-5-10-6-7-11-8-10/h3,6-8H,4-5H2,1-2H3/b9-3+. The topological polar surface area (TPSA) is 13.1 Å². The van der Waals surface area contributed by atoms with Crippen LogP contribution in [0.4, 0.5) is 0 Å². The molecule has 0 amide bonds. The lowest BCUT2D eigenvalue weighted by molar-refractivity contribution is 0.563. The zero-order valence-corrected chi connectivity index (χ0v) is 7.13. The van der Waals surface area contributed by atoms with Gasteiger partial charge in [0.1, 0.15) is 0 Å². The van der Waals surface area contributed by atoms with E-state index in [1.54, 1.807) is 6.26 Å². The highest BCUT2D eigenvalue weighted by Gasteiger charge is 1.93. The first kappa shape index (κ1) is 8.12. The van der Waals surface area contributed by atoms with Gasteiger partial charge in [-0.1, -0.05) is 11.6 Å². The Hall–Kier alpha value is -0.980. The average Bonchev–Trinajstić information content (AvgIpc) is 2.52. The number of hydrogen-bond donors (Lipinski definition) is 0. The molecule has 1 aromatic rings. The summed E-state index contributed by atoms with van der Waals surface area (Å²) in [5.41, 5.74) is 2.72. The predicted octanol–water partition coefficient (Wildman–Crippen LogP) is 3.18. The van der Waals surface area contributed by atoms with Gasteiger partial charge < -0.3 is 4.42 Å². The minimum Gasteiger partial charge on any atom is -0.472 e. The Morgan fingerprint density at radius 3 is 3.00 bits per heavy atom. The molecule has 0 aliphatic heterocycles. The van der Waals surface area contributed by atoms with Crippen LogP contribution < -0.4 is 0 Å². The Bertz CT molecular complexity index is 219. The van der Waals surface area contributed by atoms with Crippen LogP contribution in [-0.2, 0) is 6.42 Å². The quantitative estimate of drug-likeness (QED) is 0.603. The van der Waals surface area contributed by atoms with Crippen molar-refractivity contribution in [3.63, 3.8) is 0 Å². The fraction of sp³-hybridized carbons (Fsp3) is 0.400. The van der Waals surface area contributed by atoms with Crippen molar-refractivity contribution in [2.75, 3.05) is 0 Å². The van der Waals surface area contributed by atoms with Crippen LogP contribution in [0.2, 0.25) is 0 Å². The first-order valence-corrected chi connectivity index (χ1v) is 3.96. The maximum atomic E-state index is 4.96. The lowest BCUT2D eigenvalue weighted by Crippen LogP contribution is -1.82. The third kappa shape index (κ3) is 2.62. The normalized spacial score (nSPS) is 12.0. The molecule has 0 radical (unpaired) electrons. The van der Waals surface area contributed by atoms with Gasteiger partial charge in [0.15, 0.2) is 0 Å². The van der Waals surface area contributed by atoms with Gasteiger partial charge in [0, 0.05) is 0 Å². The third-order valence-corrected chi connectivity index (χ3v) is 1.88. The molecule has 0 fully saturated rings. The lowest BCUT2D eigenvalue weighted by Gasteiger charge is -1.96. The molecule has 0 saturated heterocycles. The van der Waals surface area contributed by atoms with E-state index in [0.717, 1.165) is 12.8 Å². The molecule has 0 aliphatic rings. The molecule has 60 valence electrons. The van der Waals surface area contributed by atoms with Crippen LogP contribution in [0.25, 0.3) is 0 Å². The van der Waals surface area contributed by atoms with Gasteiger partial charge in [-0.2, -0.15) is 0 Å². The largest absolute Gasteiger partial charge is 0.472 e. The molecule has 1 heterocycles. The molecule has 0 aliphatic carbocycles. The van der Waals surface area contributed by atoms with E-state index in [4.69, 9.17) is 4.42 Å². The monoisotopic (exact) mass is 150 g/mol. The summed E-state index contributed by atoms with van der Waals surface area (Å²) in [7, 11) is 0. The Balaban J connectivity index is 2.35. The van der Waals surface area contributed by atoms with Crippen molar-refractivity contribution in [3.8, 4) is 0 Å². The molecular weight excluding hydrogens is 136 g/mol. The highest BCUT2D eigenvalue weighted by atomic mass is 16.3. The molecule has 1 heteroatoms. The van der Waals surface area contributed by atoms with Gasteiger partial charge in [0.05, 0.1) is 12.5 Å². The second-order valence-corrected chi connectivity index (χ2v) is 2.77. The van der Waals surface area contributed by atoms with Crippen LogP contribution in [0.15, 0.2) is 34.7 Å². The molecule has 0 bridgehead atoms. The van der Waals surface area contributed by atoms with Crippen molar-refractivity contribution in [3.05, 3.63) is 35.8 Å². The molecule has 1 rings (SSSR count). The van der Waals surface area contributed by atoms with Gasteiger partial charge >= 0.3 is 0 Å². The van der Waals surface area contributed by atoms with Gasteiger partial charge in [0.25, 0.3) is 0 Å². The molecule has 0 atom stereocenters. The molecule has 11 heavy (non-hydrogen) atoms. The van der Waals surface area contributed by atoms with E-state index in [1.807, 2.05) is 12.3 Å². The van der Waals surface area contributed by atoms with Crippen LogP contribution in [0.1, 0.15) is 25.8 Å². The average molecular weight is 150 g/mol. The molecule has 0 saturated carbocycles. The van der Waals surface area contributed by atoms with E-state index < -0.39 is 0 Å². The van der Waals surface area contributed by atoms with Crippen molar-refractivity contribution in [2.45, 2.75) is 26.7 Å². The minimum absolute atomic E-state index is 1.09. The smallest absolute Gasteiger partial charge is 0.0934 e. The molecule has 0 N–H and O–H groups in total. The zero-order valence-electron chi connectivity index (χ0n) is 7.13. The van der Waals surface area contributed by atoms with Gasteiger partial charge in [-0.3, -0.25) is 0 Å². The predicted molar refractivity (Wildman–Crippen MR) is 46.5 cm³/mol. The van der Waals surface area contributed by atoms with Crippen LogP contribution in [0.5, 0.6) is 0 Å². The first-order valence-electron chi connectivity index (χ1n) is 3.96. The second kappa shape index (κ2) is 4.02. The molecule has 0 unspecified atom stereocenters. The van der Waals surface area contributed by atoms with Crippen molar-refractivity contribution >= 4 is 0 Å². The maximum Gasteiger partial charge on any atom is 0.0934 e. The van der Waals surface area contributed by atoms with Gasteiger partial charge in [0.2, 0.25) is 0 Å². The Morgan fingerprint density at radius 2 is 2.45 bits per heavy atom. The van der Waals surface area contributed by atoms with E-state index in [2.05, 4.69) is 19.9 Å². The fourth-order valence-electron chi connectivity index (χ4n) is 0.921. The molecule has 1 aromatic heterocycles. The molecule has 0 aromatic carbocycles. The summed E-state index contributed by atoms with van der Waals surface area (Å²) in [6, 6.07) is 2.02. The summed E-state index contributed by atoms with van der Waals surface area (Å²) in [6.45, 7) is 4.23. The summed E-state index contributed by atoms with van der Waals surface area (Å²) < 4.78 is 4.96. The number of aryl methyl sites for hydroxylation is 1. The van der Waals surface area contributed by atoms with E-state index >= 15 is 0 Å². The molecule has 1 nitrogen and oxygen atoms in total. The summed E-state index contributed by atoms with van der Waals surface area (Å²) >= 11 is 0. The van der Waals surface area contributed by atoms with Gasteiger partial charge in [-0.25, -0.2) is 0 Å². The minimum atomic E-state index is 1.09. The number of furan rings is 1. The van der Waals surface area contributed by atoms with Crippen LogP contribution in [-0.4, -0.2) is 0 Å². The summed E-state index contributed by atoms with van der Waals surface area (Å²) in [5.74, 6) is 0. The van der Waals surface area contributed by atoms with E-state index in [1.165, 1.54) is 11.1 Å². The van der Waals surface area contributed by atoms with Crippen molar-refractivity contribution in [2.24, 2.45) is 0 Å². The van der Waals surface area contributed by atoms with Crippen LogP contribution >= 0.6 is 0 Å². The summed E-state index contributed by atoms with van der Waals surface area (Å²) in [5, 5.41) is 0. The Labute approximate surface area is 67.7 Å². The Kier molecular flexibility index (Phi) is 2.96. The SMILES string of the molecule is C/C=C(\C)CCc1ccoc1. The van der Waals surface area contributed by atoms with E-state index in [-0.39, 0.29) is 0 Å². The van der Waals surface area contributed by atoms with Gasteiger partial charge in [-0.05, 0) is 38.3 Å². The number of hydrogen-bond acceptors (Lipinski definition) is 1. The molecular formula is C10H14O. The van der Waals surface area contributed by atoms with Crippen molar-refractivity contribution in [1.29, 1.82) is 0 Å².